The van der Waals surface area contributed by atoms with Crippen LogP contribution in [0.1, 0.15) is 12.0 Å². The Morgan fingerprint density at radius 3 is 2.84 bits per heavy atom. The number of hydrogen-bond acceptors (Lipinski definition) is 4. The fourth-order valence-electron chi connectivity index (χ4n) is 2.68. The van der Waals surface area contributed by atoms with Crippen LogP contribution < -0.4 is 15.4 Å². The van der Waals surface area contributed by atoms with Crippen molar-refractivity contribution in [3.05, 3.63) is 23.8 Å². The molecule has 19 heavy (non-hydrogen) atoms. The first-order valence-corrected chi connectivity index (χ1v) is 6.48. The molecule has 102 valence electrons. The quantitative estimate of drug-likeness (QED) is 0.869. The van der Waals surface area contributed by atoms with Crippen molar-refractivity contribution in [1.29, 1.82) is 0 Å². The number of nitrogens with zero attached hydrogens (tertiary/aromatic N) is 1. The Labute approximate surface area is 112 Å². The number of anilines is 1. The molecule has 5 nitrogen and oxygen atoms in total. The average molecular weight is 262 g/mol. The van der Waals surface area contributed by atoms with E-state index < -0.39 is 0 Å². The van der Waals surface area contributed by atoms with Crippen molar-refractivity contribution >= 4 is 11.6 Å². The predicted molar refractivity (Wildman–Crippen MR) is 71.5 cm³/mol. The van der Waals surface area contributed by atoms with E-state index in [-0.39, 0.29) is 17.9 Å². The van der Waals surface area contributed by atoms with Crippen molar-refractivity contribution in [2.24, 2.45) is 5.73 Å². The third-order valence-electron chi connectivity index (χ3n) is 4.04. The maximum absolute atomic E-state index is 11.7. The molecule has 0 bridgehead atoms. The topological polar surface area (TPSA) is 64.8 Å². The third-order valence-corrected chi connectivity index (χ3v) is 4.04. The molecule has 1 aromatic carbocycles. The summed E-state index contributed by atoms with van der Waals surface area (Å²) in [5.41, 5.74) is 7.71. The van der Waals surface area contributed by atoms with Gasteiger partial charge in [-0.15, -0.1) is 0 Å². The van der Waals surface area contributed by atoms with Crippen LogP contribution in [0.25, 0.3) is 0 Å². The first-order chi connectivity index (χ1) is 9.16. The van der Waals surface area contributed by atoms with Gasteiger partial charge in [0.15, 0.2) is 6.61 Å². The van der Waals surface area contributed by atoms with Gasteiger partial charge in [-0.2, -0.15) is 0 Å². The highest BCUT2D eigenvalue weighted by Gasteiger charge is 2.40. The van der Waals surface area contributed by atoms with Crippen molar-refractivity contribution in [1.82, 2.24) is 0 Å². The number of likely N-dealkylation sites (N-methyl/N-ethyl adjacent to an activating group) is 1. The van der Waals surface area contributed by atoms with Crippen LogP contribution in [0.4, 0.5) is 5.69 Å². The Kier molecular flexibility index (Phi) is 2.95. The van der Waals surface area contributed by atoms with E-state index in [1.54, 1.807) is 11.9 Å². The second-order valence-electron chi connectivity index (χ2n) is 5.24. The van der Waals surface area contributed by atoms with E-state index in [0.29, 0.717) is 19.8 Å². The smallest absolute Gasteiger partial charge is 0.264 e. The Balaban J connectivity index is 1.98. The summed E-state index contributed by atoms with van der Waals surface area (Å²) in [6, 6.07) is 6.02. The van der Waals surface area contributed by atoms with Crippen LogP contribution in [-0.4, -0.2) is 39.3 Å². The normalized spacial score (nSPS) is 20.5. The summed E-state index contributed by atoms with van der Waals surface area (Å²) in [6.45, 7) is 2.13. The molecule has 5 heteroatoms. The molecule has 2 aliphatic rings. The molecule has 1 saturated heterocycles. The van der Waals surface area contributed by atoms with Gasteiger partial charge in [0.1, 0.15) is 5.75 Å². The highest BCUT2D eigenvalue weighted by molar-refractivity contribution is 5.97. The number of hydrogen-bond donors (Lipinski definition) is 1. The van der Waals surface area contributed by atoms with Gasteiger partial charge in [-0.05, 0) is 30.7 Å². The second-order valence-corrected chi connectivity index (χ2v) is 5.24. The summed E-state index contributed by atoms with van der Waals surface area (Å²) in [5, 5.41) is 0. The molecule has 1 fully saturated rings. The predicted octanol–water partition coefficient (Wildman–Crippen LogP) is 0.659. The van der Waals surface area contributed by atoms with Gasteiger partial charge < -0.3 is 20.1 Å². The maximum Gasteiger partial charge on any atom is 0.264 e. The lowest BCUT2D eigenvalue weighted by Crippen LogP contribution is -2.48. The van der Waals surface area contributed by atoms with Gasteiger partial charge in [0, 0.05) is 12.5 Å². The summed E-state index contributed by atoms with van der Waals surface area (Å²) >= 11 is 0. The molecule has 3 rings (SSSR count). The molecule has 2 heterocycles. The van der Waals surface area contributed by atoms with Crippen LogP contribution in [0, 0.1) is 0 Å². The molecule has 2 N–H and O–H groups in total. The van der Waals surface area contributed by atoms with E-state index in [2.05, 4.69) is 6.07 Å². The van der Waals surface area contributed by atoms with Crippen molar-refractivity contribution in [3.8, 4) is 5.75 Å². The Hall–Kier alpha value is -1.59. The minimum absolute atomic E-state index is 0.00507. The Morgan fingerprint density at radius 1 is 1.42 bits per heavy atom. The van der Waals surface area contributed by atoms with Crippen LogP contribution in [0.15, 0.2) is 18.2 Å². The summed E-state index contributed by atoms with van der Waals surface area (Å²) < 4.78 is 10.8. The number of nitrogens with two attached hydrogens (primary N) is 1. The Morgan fingerprint density at radius 2 is 2.21 bits per heavy atom. The summed E-state index contributed by atoms with van der Waals surface area (Å²) in [5.74, 6) is 0.733. The van der Waals surface area contributed by atoms with Crippen LogP contribution >= 0.6 is 0 Å². The fourth-order valence-corrected chi connectivity index (χ4v) is 2.68. The molecule has 0 atom stereocenters. The van der Waals surface area contributed by atoms with Crippen molar-refractivity contribution in [3.63, 3.8) is 0 Å². The van der Waals surface area contributed by atoms with Crippen LogP contribution in [0.5, 0.6) is 5.75 Å². The number of carbonyl (C=O) groups is 1. The van der Waals surface area contributed by atoms with Gasteiger partial charge in [0.25, 0.3) is 5.91 Å². The van der Waals surface area contributed by atoms with Crippen LogP contribution in [-0.2, 0) is 14.9 Å². The summed E-state index contributed by atoms with van der Waals surface area (Å²) in [6.07, 6.45) is 0.893. The first kappa shape index (κ1) is 12.4. The first-order valence-electron chi connectivity index (χ1n) is 6.48. The molecular formula is C14H18N2O3. The second kappa shape index (κ2) is 4.51. The van der Waals surface area contributed by atoms with Gasteiger partial charge >= 0.3 is 0 Å². The monoisotopic (exact) mass is 262 g/mol. The molecule has 0 unspecified atom stereocenters. The van der Waals surface area contributed by atoms with Crippen molar-refractivity contribution < 1.29 is 14.3 Å². The Bertz CT molecular complexity index is 511. The number of benzene rings is 1. The highest BCUT2D eigenvalue weighted by Crippen LogP contribution is 2.40. The molecule has 0 radical (unpaired) electrons. The fraction of sp³-hybridized carbons (Fsp3) is 0.500. The third kappa shape index (κ3) is 1.89. The molecule has 0 saturated carbocycles. The number of ether oxygens (including phenoxy) is 2. The van der Waals surface area contributed by atoms with Crippen molar-refractivity contribution in [2.75, 3.05) is 38.3 Å². The molecular weight excluding hydrogens is 244 g/mol. The minimum Gasteiger partial charge on any atom is -0.482 e. The van der Waals surface area contributed by atoms with E-state index in [1.807, 2.05) is 12.1 Å². The lowest BCUT2D eigenvalue weighted by molar-refractivity contribution is -0.120. The van der Waals surface area contributed by atoms with Crippen LogP contribution in [0.3, 0.4) is 0 Å². The van der Waals surface area contributed by atoms with Gasteiger partial charge in [0.2, 0.25) is 0 Å². The van der Waals surface area contributed by atoms with Crippen molar-refractivity contribution in [2.45, 2.75) is 11.8 Å². The number of rotatable bonds is 3. The zero-order valence-electron chi connectivity index (χ0n) is 11.0. The summed E-state index contributed by atoms with van der Waals surface area (Å²) in [4.78, 5) is 13.3. The van der Waals surface area contributed by atoms with E-state index in [1.165, 1.54) is 5.56 Å². The molecule has 0 spiro atoms. The molecule has 1 amide bonds. The lowest BCUT2D eigenvalue weighted by Gasteiger charge is -2.42. The largest absolute Gasteiger partial charge is 0.482 e. The highest BCUT2D eigenvalue weighted by atomic mass is 16.5. The van der Waals surface area contributed by atoms with Gasteiger partial charge in [-0.1, -0.05) is 6.07 Å². The minimum atomic E-state index is -0.0256. The molecule has 2 aliphatic heterocycles. The SMILES string of the molecule is CN1C(=O)COc2ccc(C3(CCN)COC3)cc21. The van der Waals surface area contributed by atoms with Gasteiger partial charge in [0.05, 0.1) is 18.9 Å². The zero-order chi connectivity index (χ0) is 13.5. The van der Waals surface area contributed by atoms with E-state index in [4.69, 9.17) is 15.2 Å². The van der Waals surface area contributed by atoms with Crippen LogP contribution in [0.2, 0.25) is 0 Å². The van der Waals surface area contributed by atoms with E-state index in [0.717, 1.165) is 17.9 Å². The molecule has 0 aromatic heterocycles. The van der Waals surface area contributed by atoms with E-state index in [9.17, 15) is 4.79 Å². The van der Waals surface area contributed by atoms with E-state index >= 15 is 0 Å². The summed E-state index contributed by atoms with van der Waals surface area (Å²) in [7, 11) is 1.78. The van der Waals surface area contributed by atoms with Gasteiger partial charge in [-0.3, -0.25) is 4.79 Å². The molecule has 1 aromatic rings. The lowest BCUT2D eigenvalue weighted by atomic mass is 9.75. The standard InChI is InChI=1S/C14H18N2O3/c1-16-11-6-10(14(4-5-15)8-18-9-14)2-3-12(11)19-7-13(16)17/h2-3,6H,4-5,7-9,15H2,1H3. The maximum atomic E-state index is 11.7. The number of fused-ring (bicyclic) bond motifs is 1. The number of amides is 1. The number of carbonyl (C=O) groups excluding carboxylic acids is 1. The average Bonchev–Trinajstić information content (AvgIpc) is 2.38. The molecule has 0 aliphatic carbocycles. The zero-order valence-corrected chi connectivity index (χ0v) is 11.0. The van der Waals surface area contributed by atoms with Gasteiger partial charge in [-0.25, -0.2) is 0 Å².